The zero-order valence-electron chi connectivity index (χ0n) is 12.1. The van der Waals surface area contributed by atoms with Gasteiger partial charge in [0, 0.05) is 12.1 Å². The third-order valence-corrected chi connectivity index (χ3v) is 3.30. The first-order valence-electron chi connectivity index (χ1n) is 7.08. The van der Waals surface area contributed by atoms with Crippen LogP contribution in [0.2, 0.25) is 0 Å². The van der Waals surface area contributed by atoms with Crippen molar-refractivity contribution in [3.05, 3.63) is 47.4 Å². The largest absolute Gasteiger partial charge is 0.367 e. The number of hydrogen-bond acceptors (Lipinski definition) is 5. The van der Waals surface area contributed by atoms with Gasteiger partial charge in [-0.1, -0.05) is 12.1 Å². The Balaban J connectivity index is 1.82. The van der Waals surface area contributed by atoms with Crippen molar-refractivity contribution in [1.29, 1.82) is 5.26 Å². The van der Waals surface area contributed by atoms with Crippen molar-refractivity contribution in [2.75, 3.05) is 10.6 Å². The smallest absolute Gasteiger partial charge is 0.274 e. The van der Waals surface area contributed by atoms with E-state index >= 15 is 0 Å². The molecule has 0 spiro atoms. The van der Waals surface area contributed by atoms with Crippen LogP contribution in [0.5, 0.6) is 0 Å². The van der Waals surface area contributed by atoms with E-state index < -0.39 is 0 Å². The Labute approximate surface area is 128 Å². The van der Waals surface area contributed by atoms with Gasteiger partial charge in [0.2, 0.25) is 0 Å². The summed E-state index contributed by atoms with van der Waals surface area (Å²) in [7, 11) is 0. The fraction of sp³-hybridized carbons (Fsp3) is 0.250. The zero-order chi connectivity index (χ0) is 15.5. The van der Waals surface area contributed by atoms with Crippen LogP contribution in [-0.4, -0.2) is 21.9 Å². The summed E-state index contributed by atoms with van der Waals surface area (Å²) in [6.07, 6.45) is 2.25. The number of anilines is 2. The van der Waals surface area contributed by atoms with Crippen molar-refractivity contribution >= 4 is 17.4 Å². The number of carbonyl (C=O) groups excluding carboxylic acids is 1. The summed E-state index contributed by atoms with van der Waals surface area (Å²) in [4.78, 5) is 20.8. The van der Waals surface area contributed by atoms with E-state index in [1.54, 1.807) is 37.3 Å². The number of rotatable bonds is 4. The molecule has 1 aromatic carbocycles. The minimum Gasteiger partial charge on any atom is -0.367 e. The molecule has 6 nitrogen and oxygen atoms in total. The highest BCUT2D eigenvalue weighted by Crippen LogP contribution is 2.24. The molecule has 1 aliphatic rings. The van der Waals surface area contributed by atoms with Crippen molar-refractivity contribution in [2.24, 2.45) is 0 Å². The number of nitrogens with one attached hydrogen (secondary N) is 2. The first-order valence-corrected chi connectivity index (χ1v) is 7.08. The predicted molar refractivity (Wildman–Crippen MR) is 82.5 cm³/mol. The molecule has 1 aromatic heterocycles. The van der Waals surface area contributed by atoms with E-state index in [0.717, 1.165) is 12.8 Å². The van der Waals surface area contributed by atoms with Crippen molar-refractivity contribution in [1.82, 2.24) is 9.97 Å². The van der Waals surface area contributed by atoms with Gasteiger partial charge in [-0.2, -0.15) is 5.26 Å². The molecule has 6 heteroatoms. The number of benzene rings is 1. The predicted octanol–water partition coefficient (Wildman–Crippen LogP) is 2.48. The average molecular weight is 293 g/mol. The highest BCUT2D eigenvalue weighted by atomic mass is 16.1. The van der Waals surface area contributed by atoms with Crippen LogP contribution in [0.25, 0.3) is 0 Å². The minimum atomic E-state index is -0.355. The van der Waals surface area contributed by atoms with E-state index in [9.17, 15) is 4.79 Å². The number of nitrogens with zero attached hydrogens (tertiary/aromatic N) is 3. The fourth-order valence-corrected chi connectivity index (χ4v) is 2.07. The number of nitriles is 1. The molecule has 0 aliphatic heterocycles. The lowest BCUT2D eigenvalue weighted by atomic mass is 10.2. The minimum absolute atomic E-state index is 0.281. The summed E-state index contributed by atoms with van der Waals surface area (Å²) in [5, 5.41) is 15.0. The Morgan fingerprint density at radius 1 is 1.32 bits per heavy atom. The number of para-hydroxylation sites is 1. The van der Waals surface area contributed by atoms with E-state index in [1.165, 1.54) is 0 Å². The SMILES string of the molecule is Cc1nc(NC2CC2)cc(C(=O)Nc2ccccc2C#N)n1. The molecule has 0 unspecified atom stereocenters. The van der Waals surface area contributed by atoms with Gasteiger partial charge in [0.1, 0.15) is 23.4 Å². The molecule has 1 heterocycles. The number of aromatic nitrogens is 2. The van der Waals surface area contributed by atoms with E-state index in [2.05, 4.69) is 20.6 Å². The maximum Gasteiger partial charge on any atom is 0.274 e. The van der Waals surface area contributed by atoms with Crippen molar-refractivity contribution in [2.45, 2.75) is 25.8 Å². The molecule has 2 N–H and O–H groups in total. The van der Waals surface area contributed by atoms with Crippen molar-refractivity contribution in [3.8, 4) is 6.07 Å². The van der Waals surface area contributed by atoms with Crippen LogP contribution < -0.4 is 10.6 Å². The molecule has 0 bridgehead atoms. The number of hydrogen-bond donors (Lipinski definition) is 2. The van der Waals surface area contributed by atoms with Gasteiger partial charge in [0.05, 0.1) is 11.3 Å². The number of amides is 1. The summed E-state index contributed by atoms with van der Waals surface area (Å²) >= 11 is 0. The van der Waals surface area contributed by atoms with Crippen LogP contribution >= 0.6 is 0 Å². The molecule has 1 saturated carbocycles. The standard InChI is InChI=1S/C16H15N5O/c1-10-18-14(8-15(19-10)20-12-6-7-12)16(22)21-13-5-3-2-4-11(13)9-17/h2-5,8,12H,6-7H2,1H3,(H,21,22)(H,18,19,20). The molecule has 1 amide bonds. The van der Waals surface area contributed by atoms with E-state index in [0.29, 0.717) is 28.9 Å². The van der Waals surface area contributed by atoms with Gasteiger partial charge < -0.3 is 10.6 Å². The lowest BCUT2D eigenvalue weighted by molar-refractivity contribution is 0.102. The molecule has 0 saturated heterocycles. The molecule has 22 heavy (non-hydrogen) atoms. The molecule has 3 rings (SSSR count). The van der Waals surface area contributed by atoms with Crippen LogP contribution in [0.1, 0.15) is 34.7 Å². The quantitative estimate of drug-likeness (QED) is 0.903. The van der Waals surface area contributed by atoms with Gasteiger partial charge in [-0.3, -0.25) is 4.79 Å². The van der Waals surface area contributed by atoms with E-state index in [4.69, 9.17) is 5.26 Å². The van der Waals surface area contributed by atoms with Crippen molar-refractivity contribution in [3.63, 3.8) is 0 Å². The molecule has 1 aliphatic carbocycles. The maximum absolute atomic E-state index is 12.3. The zero-order valence-corrected chi connectivity index (χ0v) is 12.1. The molecule has 110 valence electrons. The summed E-state index contributed by atoms with van der Waals surface area (Å²) in [6.45, 7) is 1.75. The van der Waals surface area contributed by atoms with Gasteiger partial charge >= 0.3 is 0 Å². The van der Waals surface area contributed by atoms with Gasteiger partial charge in [0.25, 0.3) is 5.91 Å². The van der Waals surface area contributed by atoms with Gasteiger partial charge in [-0.15, -0.1) is 0 Å². The first-order chi connectivity index (χ1) is 10.7. The first kappa shape index (κ1) is 14.0. The van der Waals surface area contributed by atoms with Gasteiger partial charge in [-0.25, -0.2) is 9.97 Å². The molecular weight excluding hydrogens is 278 g/mol. The topological polar surface area (TPSA) is 90.7 Å². The lowest BCUT2D eigenvalue weighted by Crippen LogP contribution is -2.16. The maximum atomic E-state index is 12.3. The van der Waals surface area contributed by atoms with Crippen LogP contribution in [0.3, 0.4) is 0 Å². The monoisotopic (exact) mass is 293 g/mol. The van der Waals surface area contributed by atoms with Crippen LogP contribution in [-0.2, 0) is 0 Å². The average Bonchev–Trinajstić information content (AvgIpc) is 3.31. The number of carbonyl (C=O) groups is 1. The molecular formula is C16H15N5O. The normalized spacial score (nSPS) is 13.3. The molecule has 0 radical (unpaired) electrons. The highest BCUT2D eigenvalue weighted by molar-refractivity contribution is 6.03. The van der Waals surface area contributed by atoms with E-state index in [1.807, 2.05) is 6.07 Å². The third kappa shape index (κ3) is 3.20. The fourth-order valence-electron chi connectivity index (χ4n) is 2.07. The second kappa shape index (κ2) is 5.82. The third-order valence-electron chi connectivity index (χ3n) is 3.30. The molecule has 2 aromatic rings. The summed E-state index contributed by atoms with van der Waals surface area (Å²) in [5.74, 6) is 0.838. The van der Waals surface area contributed by atoms with Crippen LogP contribution in [0.15, 0.2) is 30.3 Å². The lowest BCUT2D eigenvalue weighted by Gasteiger charge is -2.09. The van der Waals surface area contributed by atoms with Crippen LogP contribution in [0, 0.1) is 18.3 Å². The Bertz CT molecular complexity index is 761. The number of aryl methyl sites for hydroxylation is 1. The Morgan fingerprint density at radius 2 is 2.09 bits per heavy atom. The van der Waals surface area contributed by atoms with Gasteiger partial charge in [-0.05, 0) is 31.9 Å². The Hall–Kier alpha value is -2.94. The van der Waals surface area contributed by atoms with Crippen molar-refractivity contribution < 1.29 is 4.79 Å². The second-order valence-corrected chi connectivity index (χ2v) is 5.22. The molecule has 1 fully saturated rings. The second-order valence-electron chi connectivity index (χ2n) is 5.22. The summed E-state index contributed by atoms with van der Waals surface area (Å²) in [6, 6.07) is 11.0. The van der Waals surface area contributed by atoms with Gasteiger partial charge in [0.15, 0.2) is 0 Å². The highest BCUT2D eigenvalue weighted by Gasteiger charge is 2.22. The van der Waals surface area contributed by atoms with E-state index in [-0.39, 0.29) is 11.6 Å². The Morgan fingerprint density at radius 3 is 2.82 bits per heavy atom. The summed E-state index contributed by atoms with van der Waals surface area (Å²) < 4.78 is 0. The molecule has 0 atom stereocenters. The Kier molecular flexibility index (Phi) is 3.71. The summed E-state index contributed by atoms with van der Waals surface area (Å²) in [5.41, 5.74) is 1.17. The van der Waals surface area contributed by atoms with Crippen LogP contribution in [0.4, 0.5) is 11.5 Å².